The molecule has 0 heterocycles. The predicted molar refractivity (Wildman–Crippen MR) is 201 cm³/mol. The molecule has 5 aromatic carbocycles. The Kier molecular flexibility index (Phi) is 16.3. The molecule has 0 nitrogen and oxygen atoms in total. The van der Waals surface area contributed by atoms with Gasteiger partial charge in [-0.2, -0.15) is 12.1 Å². The summed E-state index contributed by atoms with van der Waals surface area (Å²) in [6.45, 7) is 13.8. The second-order valence-corrected chi connectivity index (χ2v) is 15.1. The Morgan fingerprint density at radius 1 is 0.455 bits per heavy atom. The van der Waals surface area contributed by atoms with Crippen molar-refractivity contribution in [2.75, 3.05) is 0 Å². The van der Waals surface area contributed by atoms with Crippen molar-refractivity contribution in [2.24, 2.45) is 0 Å². The average molecular weight is 699 g/mol. The van der Waals surface area contributed by atoms with Crippen LogP contribution in [-0.2, 0) is 60.2 Å². The molecule has 0 bridgehead atoms. The molecule has 0 amide bonds. The summed E-state index contributed by atoms with van der Waals surface area (Å²) >= 11 is 0. The van der Waals surface area contributed by atoms with E-state index >= 15 is 0 Å². The zero-order valence-corrected chi connectivity index (χ0v) is 32.1. The first-order valence-electron chi connectivity index (χ1n) is 15.5. The number of benzene rings is 4. The van der Waals surface area contributed by atoms with Gasteiger partial charge in [0.05, 0.1) is 0 Å². The van der Waals surface area contributed by atoms with E-state index in [2.05, 4.69) is 133 Å². The molecule has 0 atom stereocenters. The minimum Gasteiger partial charge on any atom is -0.168 e. The Balaban J connectivity index is 0.00000242. The fraction of sp³-hybridized carbons (Fsp3) is 0.308. The molecule has 5 rings (SSSR count). The van der Waals surface area contributed by atoms with E-state index in [9.17, 15) is 0 Å². The van der Waals surface area contributed by atoms with E-state index in [4.69, 9.17) is 0 Å². The summed E-state index contributed by atoms with van der Waals surface area (Å²) in [4.78, 5) is 0. The maximum absolute atomic E-state index is 2.70. The normalized spacial score (nSPS) is 10.8. The summed E-state index contributed by atoms with van der Waals surface area (Å²) in [7, 11) is -2.70. The maximum Gasteiger partial charge on any atom is 0.134 e. The van der Waals surface area contributed by atoms with Gasteiger partial charge in [-0.3, -0.25) is 0 Å². The number of fused-ring (bicyclic) bond motifs is 1. The maximum atomic E-state index is 2.57. The van der Waals surface area contributed by atoms with Crippen molar-refractivity contribution in [3.63, 3.8) is 0 Å². The summed E-state index contributed by atoms with van der Waals surface area (Å²) in [6.07, 6.45) is 6.32. The Morgan fingerprint density at radius 3 is 1.09 bits per heavy atom. The van der Waals surface area contributed by atoms with Gasteiger partial charge in [-0.15, -0.1) is 71.4 Å². The van der Waals surface area contributed by atoms with Crippen LogP contribution in [0.4, 0.5) is 0 Å². The Labute approximate surface area is 300 Å². The van der Waals surface area contributed by atoms with Crippen LogP contribution < -0.4 is 20.7 Å². The number of hydrogen-bond acceptors (Lipinski definition) is 0. The smallest absolute Gasteiger partial charge is 0.134 e. The fourth-order valence-electron chi connectivity index (χ4n) is 6.61. The molecule has 5 heteroatoms. The van der Waals surface area contributed by atoms with Crippen molar-refractivity contribution in [3.8, 4) is 0 Å². The second kappa shape index (κ2) is 17.8. The van der Waals surface area contributed by atoms with Crippen LogP contribution in [0.3, 0.4) is 0 Å². The van der Waals surface area contributed by atoms with E-state index in [1.165, 1.54) is 64.9 Å². The molecule has 0 spiro atoms. The molecule has 0 aromatic heterocycles. The van der Waals surface area contributed by atoms with Gasteiger partial charge in [0.15, 0.2) is 0 Å². The molecular weight excluding hydrogens is 651 g/mol. The molecule has 44 heavy (non-hydrogen) atoms. The summed E-state index contributed by atoms with van der Waals surface area (Å²) in [6, 6.07) is 36.6. The molecular formula is C39H48Cl3SiTi-. The van der Waals surface area contributed by atoms with Crippen LogP contribution in [0.15, 0.2) is 91.0 Å². The number of rotatable bonds is 10. The third-order valence-corrected chi connectivity index (χ3v) is 13.7. The van der Waals surface area contributed by atoms with Crippen molar-refractivity contribution in [3.05, 3.63) is 124 Å². The first kappa shape index (κ1) is 40.3. The van der Waals surface area contributed by atoms with E-state index in [0.29, 0.717) is 0 Å². The van der Waals surface area contributed by atoms with Crippen LogP contribution >= 0.6 is 37.2 Å². The summed E-state index contributed by atoms with van der Waals surface area (Å²) in [5.74, 6) is 0. The standard InChI is InChI=1S/C39H45Si.3ClH.Ti/c1-7-28-19-29(8-2)23-35(22-28)40(36-24-30(9-3)20-31(10-4)25-36,37-26-32(11-5)21-33(12-6)27-37)39-18-17-34-15-13-14-16-38(34)39;;;;/h13-27H,7-12H2,1-6H3;3*1H;/q-1;;;;. The van der Waals surface area contributed by atoms with Gasteiger partial charge >= 0.3 is 0 Å². The molecule has 0 unspecified atom stereocenters. The van der Waals surface area contributed by atoms with Crippen molar-refractivity contribution >= 4 is 76.8 Å². The fourth-order valence-corrected chi connectivity index (χ4v) is 11.9. The predicted octanol–water partition coefficient (Wildman–Crippen LogP) is 8.57. The van der Waals surface area contributed by atoms with Gasteiger partial charge in [-0.05, 0) is 71.9 Å². The minimum absolute atomic E-state index is 0. The van der Waals surface area contributed by atoms with Crippen LogP contribution in [0, 0.1) is 0 Å². The van der Waals surface area contributed by atoms with Crippen LogP contribution in [-0.4, -0.2) is 8.07 Å². The van der Waals surface area contributed by atoms with Crippen LogP contribution in [0.2, 0.25) is 0 Å². The van der Waals surface area contributed by atoms with Gasteiger partial charge in [0.25, 0.3) is 0 Å². The molecule has 0 N–H and O–H groups in total. The van der Waals surface area contributed by atoms with Crippen molar-refractivity contribution in [1.29, 1.82) is 0 Å². The Hall–Kier alpha value is -1.71. The van der Waals surface area contributed by atoms with E-state index in [0.717, 1.165) is 38.5 Å². The van der Waals surface area contributed by atoms with Gasteiger partial charge in [0, 0.05) is 21.7 Å². The monoisotopic (exact) mass is 697 g/mol. The molecule has 0 aliphatic heterocycles. The summed E-state index contributed by atoms with van der Waals surface area (Å²) in [5.41, 5.74) is 8.70. The van der Waals surface area contributed by atoms with Crippen molar-refractivity contribution in [2.45, 2.75) is 80.1 Å². The SMILES string of the molecule is CCc1cc(CC)cc([Si](c2cc(CC)cc(CC)c2)(c2cc(CC)cc(CC)c2)[c-]2ccc3ccccc32)c1.Cl.Cl.Cl.[Ti]. The first-order chi connectivity index (χ1) is 19.5. The van der Waals surface area contributed by atoms with Crippen LogP contribution in [0.5, 0.6) is 0 Å². The largest absolute Gasteiger partial charge is 0.168 e. The third kappa shape index (κ3) is 7.63. The first-order valence-corrected chi connectivity index (χ1v) is 17.5. The van der Waals surface area contributed by atoms with Gasteiger partial charge in [-0.25, -0.2) is 0 Å². The summed E-state index contributed by atoms with van der Waals surface area (Å²) in [5, 5.41) is 8.89. The molecule has 0 saturated carbocycles. The minimum atomic E-state index is -2.70. The topological polar surface area (TPSA) is 0 Å². The van der Waals surface area contributed by atoms with Crippen molar-refractivity contribution in [1.82, 2.24) is 0 Å². The van der Waals surface area contributed by atoms with E-state index in [1.54, 1.807) is 0 Å². The van der Waals surface area contributed by atoms with Gasteiger partial charge in [0.2, 0.25) is 0 Å². The number of aryl methyl sites for hydroxylation is 6. The van der Waals surface area contributed by atoms with Crippen LogP contribution in [0.25, 0.3) is 10.8 Å². The number of hydrogen-bond donors (Lipinski definition) is 0. The van der Waals surface area contributed by atoms with E-state index < -0.39 is 8.07 Å². The van der Waals surface area contributed by atoms with E-state index in [1.807, 2.05) is 0 Å². The quantitative estimate of drug-likeness (QED) is 0.0779. The van der Waals surface area contributed by atoms with Crippen LogP contribution in [0.1, 0.15) is 74.9 Å². The zero-order valence-electron chi connectivity index (χ0n) is 27.1. The zero-order chi connectivity index (χ0) is 28.3. The number of halogens is 3. The molecule has 0 radical (unpaired) electrons. The molecule has 0 aliphatic carbocycles. The molecule has 0 aliphatic rings. The van der Waals surface area contributed by atoms with Gasteiger partial charge < -0.3 is 0 Å². The second-order valence-electron chi connectivity index (χ2n) is 11.3. The third-order valence-electron chi connectivity index (χ3n) is 8.99. The van der Waals surface area contributed by atoms with E-state index in [-0.39, 0.29) is 58.9 Å². The summed E-state index contributed by atoms with van der Waals surface area (Å²) < 4.78 is 0. The van der Waals surface area contributed by atoms with Crippen molar-refractivity contribution < 1.29 is 21.7 Å². The molecule has 0 fully saturated rings. The van der Waals surface area contributed by atoms with Gasteiger partial charge in [0.1, 0.15) is 8.07 Å². The Morgan fingerprint density at radius 2 is 0.773 bits per heavy atom. The Bertz CT molecular complexity index is 1440. The molecule has 234 valence electrons. The van der Waals surface area contributed by atoms with Gasteiger partial charge in [-0.1, -0.05) is 118 Å². The average Bonchev–Trinajstić information content (AvgIpc) is 3.45. The molecule has 5 aromatic rings. The molecule has 0 saturated heterocycles.